The summed E-state index contributed by atoms with van der Waals surface area (Å²) in [7, 11) is 0. The number of rotatable bonds is 7. The molecule has 2 aromatic rings. The van der Waals surface area contributed by atoms with E-state index in [9.17, 15) is 9.59 Å². The van der Waals surface area contributed by atoms with E-state index in [4.69, 9.17) is 11.6 Å². The number of carbonyl (C=O) groups is 1. The quantitative estimate of drug-likeness (QED) is 0.785. The summed E-state index contributed by atoms with van der Waals surface area (Å²) >= 11 is 6.02. The van der Waals surface area contributed by atoms with E-state index in [0.717, 1.165) is 12.8 Å². The third-order valence-electron chi connectivity index (χ3n) is 5.15. The van der Waals surface area contributed by atoms with Crippen molar-refractivity contribution in [1.82, 2.24) is 14.9 Å². The van der Waals surface area contributed by atoms with Crippen LogP contribution >= 0.6 is 11.6 Å². The van der Waals surface area contributed by atoms with Crippen LogP contribution in [0.3, 0.4) is 0 Å². The number of amides is 1. The lowest BCUT2D eigenvalue weighted by Crippen LogP contribution is -2.33. The van der Waals surface area contributed by atoms with Crippen LogP contribution in [0, 0.1) is 5.92 Å². The second-order valence-electron chi connectivity index (χ2n) is 7.18. The van der Waals surface area contributed by atoms with E-state index < -0.39 is 0 Å². The SMILES string of the molecule is CCCN(Cc1nc2cc(Cl)ccc2c(=O)[nH]1)C(=O)CCC1CCCC1. The molecule has 0 aliphatic heterocycles. The van der Waals surface area contributed by atoms with Gasteiger partial charge in [-0.05, 0) is 37.0 Å². The van der Waals surface area contributed by atoms with Gasteiger partial charge in [-0.1, -0.05) is 44.2 Å². The summed E-state index contributed by atoms with van der Waals surface area (Å²) in [6.07, 6.45) is 7.51. The van der Waals surface area contributed by atoms with Gasteiger partial charge in [0, 0.05) is 18.0 Å². The van der Waals surface area contributed by atoms with Gasteiger partial charge < -0.3 is 9.88 Å². The minimum atomic E-state index is -0.198. The van der Waals surface area contributed by atoms with Crippen LogP contribution in [-0.4, -0.2) is 27.3 Å². The van der Waals surface area contributed by atoms with Crippen LogP contribution in [0.15, 0.2) is 23.0 Å². The lowest BCUT2D eigenvalue weighted by atomic mass is 10.0. The molecule has 6 heteroatoms. The third-order valence-corrected chi connectivity index (χ3v) is 5.38. The number of benzene rings is 1. The van der Waals surface area contributed by atoms with Gasteiger partial charge >= 0.3 is 0 Å². The first-order valence-electron chi connectivity index (χ1n) is 9.53. The molecule has 140 valence electrons. The molecule has 1 amide bonds. The number of nitrogens with one attached hydrogen (secondary N) is 1. The van der Waals surface area contributed by atoms with Crippen molar-refractivity contribution in [3.63, 3.8) is 0 Å². The Morgan fingerprint density at radius 1 is 1.35 bits per heavy atom. The van der Waals surface area contributed by atoms with Gasteiger partial charge in [-0.2, -0.15) is 0 Å². The Bertz CT molecular complexity index is 827. The van der Waals surface area contributed by atoms with Crippen LogP contribution in [0.1, 0.15) is 57.7 Å². The molecule has 0 bridgehead atoms. The zero-order valence-corrected chi connectivity index (χ0v) is 16.0. The minimum Gasteiger partial charge on any atom is -0.335 e. The van der Waals surface area contributed by atoms with E-state index in [2.05, 4.69) is 9.97 Å². The Morgan fingerprint density at radius 2 is 2.12 bits per heavy atom. The summed E-state index contributed by atoms with van der Waals surface area (Å²) in [4.78, 5) is 34.1. The lowest BCUT2D eigenvalue weighted by molar-refractivity contribution is -0.132. The number of nitrogens with zero attached hydrogens (tertiary/aromatic N) is 2. The number of hydrogen-bond donors (Lipinski definition) is 1. The fraction of sp³-hybridized carbons (Fsp3) is 0.550. The molecule has 1 aliphatic carbocycles. The van der Waals surface area contributed by atoms with Gasteiger partial charge in [-0.15, -0.1) is 0 Å². The molecule has 1 saturated carbocycles. The molecule has 1 aliphatic rings. The fourth-order valence-corrected chi connectivity index (χ4v) is 3.93. The standard InChI is InChI=1S/C20H26ClN3O2/c1-2-11-24(19(25)10-7-14-5-3-4-6-14)13-18-22-17-12-15(21)8-9-16(17)20(26)23-18/h8-9,12,14H,2-7,10-11,13H2,1H3,(H,22,23,26). The summed E-state index contributed by atoms with van der Waals surface area (Å²) in [5, 5.41) is 1.05. The average Bonchev–Trinajstić information content (AvgIpc) is 3.12. The lowest BCUT2D eigenvalue weighted by Gasteiger charge is -2.22. The van der Waals surface area contributed by atoms with Gasteiger partial charge in [-0.25, -0.2) is 4.98 Å². The zero-order valence-electron chi connectivity index (χ0n) is 15.3. The van der Waals surface area contributed by atoms with Gasteiger partial charge in [0.05, 0.1) is 17.4 Å². The van der Waals surface area contributed by atoms with Gasteiger partial charge in [0.2, 0.25) is 5.91 Å². The van der Waals surface area contributed by atoms with Crippen LogP contribution in [0.25, 0.3) is 10.9 Å². The van der Waals surface area contributed by atoms with Gasteiger partial charge in [-0.3, -0.25) is 9.59 Å². The summed E-state index contributed by atoms with van der Waals surface area (Å²) in [6, 6.07) is 5.03. The maximum absolute atomic E-state index is 12.7. The maximum atomic E-state index is 12.7. The van der Waals surface area contributed by atoms with E-state index in [1.807, 2.05) is 11.8 Å². The van der Waals surface area contributed by atoms with Crippen molar-refractivity contribution in [3.8, 4) is 0 Å². The van der Waals surface area contributed by atoms with Crippen LogP contribution in [0.5, 0.6) is 0 Å². The van der Waals surface area contributed by atoms with E-state index in [0.29, 0.717) is 47.2 Å². The zero-order chi connectivity index (χ0) is 18.5. The summed E-state index contributed by atoms with van der Waals surface area (Å²) in [5.41, 5.74) is 0.364. The van der Waals surface area contributed by atoms with E-state index in [1.165, 1.54) is 25.7 Å². The Morgan fingerprint density at radius 3 is 2.85 bits per heavy atom. The highest BCUT2D eigenvalue weighted by Crippen LogP contribution is 2.28. The molecular formula is C20H26ClN3O2. The molecule has 1 N–H and O–H groups in total. The predicted octanol–water partition coefficient (Wildman–Crippen LogP) is 4.29. The Labute approximate surface area is 158 Å². The Kier molecular flexibility index (Phi) is 6.30. The predicted molar refractivity (Wildman–Crippen MR) is 104 cm³/mol. The molecule has 1 aromatic heterocycles. The fourth-order valence-electron chi connectivity index (χ4n) is 3.76. The van der Waals surface area contributed by atoms with Gasteiger partial charge in [0.25, 0.3) is 5.56 Å². The van der Waals surface area contributed by atoms with Crippen LogP contribution in [-0.2, 0) is 11.3 Å². The highest BCUT2D eigenvalue weighted by molar-refractivity contribution is 6.31. The molecule has 1 aromatic carbocycles. The number of aromatic nitrogens is 2. The molecule has 26 heavy (non-hydrogen) atoms. The topological polar surface area (TPSA) is 66.1 Å². The number of halogens is 1. The third kappa shape index (κ3) is 4.64. The van der Waals surface area contributed by atoms with E-state index in [1.54, 1.807) is 18.2 Å². The average molecular weight is 376 g/mol. The highest BCUT2D eigenvalue weighted by Gasteiger charge is 2.20. The number of H-pyrrole nitrogens is 1. The number of carbonyl (C=O) groups excluding carboxylic acids is 1. The molecule has 0 unspecified atom stereocenters. The minimum absolute atomic E-state index is 0.146. The van der Waals surface area contributed by atoms with Crippen molar-refractivity contribution in [3.05, 3.63) is 39.4 Å². The smallest absolute Gasteiger partial charge is 0.258 e. The van der Waals surface area contributed by atoms with Crippen molar-refractivity contribution in [2.24, 2.45) is 5.92 Å². The molecular weight excluding hydrogens is 350 g/mol. The molecule has 0 saturated heterocycles. The van der Waals surface area contributed by atoms with Crippen LogP contribution in [0.4, 0.5) is 0 Å². The molecule has 1 fully saturated rings. The first-order chi connectivity index (χ1) is 12.6. The van der Waals surface area contributed by atoms with Crippen LogP contribution < -0.4 is 5.56 Å². The highest BCUT2D eigenvalue weighted by atomic mass is 35.5. The monoisotopic (exact) mass is 375 g/mol. The largest absolute Gasteiger partial charge is 0.335 e. The van der Waals surface area contributed by atoms with E-state index in [-0.39, 0.29) is 11.5 Å². The summed E-state index contributed by atoms with van der Waals surface area (Å²) < 4.78 is 0. The van der Waals surface area contributed by atoms with Crippen LogP contribution in [0.2, 0.25) is 5.02 Å². The molecule has 1 heterocycles. The van der Waals surface area contributed by atoms with Crippen molar-refractivity contribution < 1.29 is 4.79 Å². The number of fused-ring (bicyclic) bond motifs is 1. The molecule has 3 rings (SSSR count). The second-order valence-corrected chi connectivity index (χ2v) is 7.61. The van der Waals surface area contributed by atoms with Crippen molar-refractivity contribution >= 4 is 28.4 Å². The second kappa shape index (κ2) is 8.67. The summed E-state index contributed by atoms with van der Waals surface area (Å²) in [5.74, 6) is 1.35. The van der Waals surface area contributed by atoms with Crippen molar-refractivity contribution in [1.29, 1.82) is 0 Å². The molecule has 5 nitrogen and oxygen atoms in total. The van der Waals surface area contributed by atoms with Crippen molar-refractivity contribution in [2.45, 2.75) is 58.4 Å². The number of hydrogen-bond acceptors (Lipinski definition) is 3. The summed E-state index contributed by atoms with van der Waals surface area (Å²) in [6.45, 7) is 3.05. The number of aromatic amines is 1. The first kappa shape index (κ1) is 18.9. The Hall–Kier alpha value is -1.88. The van der Waals surface area contributed by atoms with Crippen molar-refractivity contribution in [2.75, 3.05) is 6.54 Å². The molecule has 0 radical (unpaired) electrons. The van der Waals surface area contributed by atoms with Gasteiger partial charge in [0.15, 0.2) is 0 Å². The van der Waals surface area contributed by atoms with Gasteiger partial charge in [0.1, 0.15) is 5.82 Å². The maximum Gasteiger partial charge on any atom is 0.258 e. The molecule has 0 atom stereocenters. The first-order valence-corrected chi connectivity index (χ1v) is 9.91. The Balaban J connectivity index is 1.73. The molecule has 0 spiro atoms. The van der Waals surface area contributed by atoms with E-state index >= 15 is 0 Å². The normalized spacial score (nSPS) is 14.8.